The van der Waals surface area contributed by atoms with Gasteiger partial charge in [-0.2, -0.15) is 0 Å². The lowest BCUT2D eigenvalue weighted by Gasteiger charge is -2.22. The van der Waals surface area contributed by atoms with Crippen molar-refractivity contribution in [3.05, 3.63) is 60.7 Å². The summed E-state index contributed by atoms with van der Waals surface area (Å²) >= 11 is 0. The Hall–Kier alpha value is -2.83. The van der Waals surface area contributed by atoms with E-state index < -0.39 is 19.9 Å². The number of unbranched alkanes of at least 4 members (excludes halogenated alkanes) is 4. The normalized spacial score (nSPS) is 11.9. The molecule has 198 valence electrons. The lowest BCUT2D eigenvalue weighted by molar-refractivity contribution is -0.161. The first-order valence-corrected chi connectivity index (χ1v) is 14.0. The minimum absolute atomic E-state index is 0.221. The predicted molar refractivity (Wildman–Crippen MR) is 137 cm³/mol. The van der Waals surface area contributed by atoms with Crippen LogP contribution in [0, 0.1) is 0 Å². The van der Waals surface area contributed by atoms with E-state index in [1.54, 1.807) is 60.7 Å². The molecule has 0 radical (unpaired) electrons. The van der Waals surface area contributed by atoms with E-state index in [0.29, 0.717) is 6.42 Å². The number of esters is 2. The molecule has 8 nitrogen and oxygen atoms in total. The molecule has 2 rings (SSSR count). The fourth-order valence-electron chi connectivity index (χ4n) is 3.12. The van der Waals surface area contributed by atoms with Gasteiger partial charge in [-0.25, -0.2) is 4.57 Å². The number of carbonyl (C=O) groups excluding carboxylic acids is 2. The number of para-hydroxylation sites is 2. The van der Waals surface area contributed by atoms with Gasteiger partial charge in [-0.3, -0.25) is 14.1 Å². The Kier molecular flexibility index (Phi) is 13.7. The third kappa shape index (κ3) is 12.2. The van der Waals surface area contributed by atoms with Crippen molar-refractivity contribution in [2.45, 2.75) is 71.3 Å². The Labute approximate surface area is 213 Å². The largest absolute Gasteiger partial charge is 0.587 e. The summed E-state index contributed by atoms with van der Waals surface area (Å²) in [6, 6.07) is 17.0. The molecule has 0 saturated heterocycles. The minimum atomic E-state index is -4.19. The van der Waals surface area contributed by atoms with Gasteiger partial charge in [0.1, 0.15) is 24.7 Å². The average Bonchev–Trinajstić information content (AvgIpc) is 2.87. The summed E-state index contributed by atoms with van der Waals surface area (Å²) in [5.74, 6) is -0.263. The maximum Gasteiger partial charge on any atom is 0.587 e. The highest BCUT2D eigenvalue weighted by Gasteiger charge is 2.33. The molecule has 1 atom stereocenters. The summed E-state index contributed by atoms with van der Waals surface area (Å²) in [6.45, 7) is 3.51. The van der Waals surface area contributed by atoms with E-state index >= 15 is 0 Å². The highest BCUT2D eigenvalue weighted by Crippen LogP contribution is 2.49. The topological polar surface area (TPSA) is 97.4 Å². The maximum atomic E-state index is 13.6. The van der Waals surface area contributed by atoms with Crippen LogP contribution >= 0.6 is 7.82 Å². The number of hydrogen-bond acceptors (Lipinski definition) is 8. The van der Waals surface area contributed by atoms with Crippen molar-refractivity contribution in [3.8, 4) is 11.5 Å². The minimum Gasteiger partial charge on any atom is -0.462 e. The van der Waals surface area contributed by atoms with Crippen molar-refractivity contribution < 1.29 is 37.2 Å². The van der Waals surface area contributed by atoms with Gasteiger partial charge in [-0.1, -0.05) is 75.9 Å². The molecule has 2 aromatic carbocycles. The Morgan fingerprint density at radius 1 is 0.722 bits per heavy atom. The second-order valence-electron chi connectivity index (χ2n) is 8.26. The highest BCUT2D eigenvalue weighted by molar-refractivity contribution is 7.49. The molecule has 0 aliphatic heterocycles. The van der Waals surface area contributed by atoms with Crippen LogP contribution in [0.3, 0.4) is 0 Å². The number of benzene rings is 2. The van der Waals surface area contributed by atoms with Gasteiger partial charge in [0.05, 0.1) is 0 Å². The molecule has 9 heteroatoms. The SMILES string of the molecule is CCCCCC(=O)OC[C@H](COP(=O)(Oc1ccccc1)Oc1ccccc1)OC(=O)CCCCC. The van der Waals surface area contributed by atoms with Crippen LogP contribution in [0.1, 0.15) is 65.2 Å². The van der Waals surface area contributed by atoms with Crippen LogP contribution in [0.5, 0.6) is 11.5 Å². The van der Waals surface area contributed by atoms with Gasteiger partial charge < -0.3 is 18.5 Å². The van der Waals surface area contributed by atoms with E-state index in [4.69, 9.17) is 23.0 Å². The predicted octanol–water partition coefficient (Wildman–Crippen LogP) is 6.88. The number of hydrogen-bond donors (Lipinski definition) is 0. The van der Waals surface area contributed by atoms with E-state index in [0.717, 1.165) is 32.1 Å². The van der Waals surface area contributed by atoms with Crippen LogP contribution in [0.15, 0.2) is 60.7 Å². The zero-order valence-electron chi connectivity index (χ0n) is 21.1. The van der Waals surface area contributed by atoms with Gasteiger partial charge in [-0.05, 0) is 37.1 Å². The lowest BCUT2D eigenvalue weighted by atomic mass is 10.2. The fraction of sp³-hybridized carbons (Fsp3) is 0.481. The van der Waals surface area contributed by atoms with Crippen LogP contribution in [0.2, 0.25) is 0 Å². The molecule has 2 aromatic rings. The smallest absolute Gasteiger partial charge is 0.462 e. The highest BCUT2D eigenvalue weighted by atomic mass is 31.2. The summed E-state index contributed by atoms with van der Waals surface area (Å²) in [5, 5.41) is 0. The summed E-state index contributed by atoms with van der Waals surface area (Å²) in [6.07, 6.45) is 4.71. The van der Waals surface area contributed by atoms with Crippen molar-refractivity contribution in [1.82, 2.24) is 0 Å². The lowest BCUT2D eigenvalue weighted by Crippen LogP contribution is -2.30. The Bertz CT molecular complexity index is 890. The second-order valence-corrected chi connectivity index (χ2v) is 9.78. The van der Waals surface area contributed by atoms with Crippen LogP contribution in [0.25, 0.3) is 0 Å². The first-order chi connectivity index (χ1) is 17.4. The number of phosphoric acid groups is 1. The number of ether oxygens (including phenoxy) is 2. The van der Waals surface area contributed by atoms with Crippen molar-refractivity contribution in [2.24, 2.45) is 0 Å². The third-order valence-electron chi connectivity index (χ3n) is 5.04. The molecule has 0 spiro atoms. The van der Waals surface area contributed by atoms with Crippen molar-refractivity contribution in [3.63, 3.8) is 0 Å². The summed E-state index contributed by atoms with van der Waals surface area (Å²) in [5.41, 5.74) is 0. The molecule has 0 N–H and O–H groups in total. The van der Waals surface area contributed by atoms with Crippen molar-refractivity contribution >= 4 is 19.8 Å². The van der Waals surface area contributed by atoms with Crippen LogP contribution in [-0.2, 0) is 28.2 Å². The molecule has 0 saturated carbocycles. The van der Waals surface area contributed by atoms with Gasteiger partial charge in [0, 0.05) is 12.8 Å². The Balaban J connectivity index is 2.08. The molecule has 0 bridgehead atoms. The first kappa shape index (κ1) is 29.4. The van der Waals surface area contributed by atoms with Gasteiger partial charge in [0.15, 0.2) is 6.10 Å². The first-order valence-electron chi connectivity index (χ1n) is 12.5. The summed E-state index contributed by atoms with van der Waals surface area (Å²) in [4.78, 5) is 24.4. The van der Waals surface area contributed by atoms with E-state index in [2.05, 4.69) is 0 Å². The number of rotatable bonds is 18. The van der Waals surface area contributed by atoms with E-state index in [-0.39, 0.29) is 43.5 Å². The average molecular weight is 521 g/mol. The summed E-state index contributed by atoms with van der Waals surface area (Å²) in [7, 11) is -4.19. The quantitative estimate of drug-likeness (QED) is 0.119. The summed E-state index contributed by atoms with van der Waals surface area (Å²) < 4.78 is 41.1. The third-order valence-corrected chi connectivity index (χ3v) is 6.37. The van der Waals surface area contributed by atoms with E-state index in [1.807, 2.05) is 13.8 Å². The monoisotopic (exact) mass is 520 g/mol. The van der Waals surface area contributed by atoms with Crippen LogP contribution in [0.4, 0.5) is 0 Å². The van der Waals surface area contributed by atoms with Gasteiger partial charge in [0.25, 0.3) is 0 Å². The van der Waals surface area contributed by atoms with Crippen LogP contribution < -0.4 is 9.05 Å². The molecule has 0 aromatic heterocycles. The molecule has 36 heavy (non-hydrogen) atoms. The zero-order chi connectivity index (χ0) is 26.1. The van der Waals surface area contributed by atoms with Gasteiger partial charge in [-0.15, -0.1) is 0 Å². The molecular weight excluding hydrogens is 483 g/mol. The molecule has 0 aliphatic carbocycles. The Morgan fingerprint density at radius 2 is 1.22 bits per heavy atom. The van der Waals surface area contributed by atoms with Gasteiger partial charge >= 0.3 is 19.8 Å². The number of phosphoric ester groups is 1. The second kappa shape index (κ2) is 16.8. The fourth-order valence-corrected chi connectivity index (χ4v) is 4.38. The van der Waals surface area contributed by atoms with Crippen LogP contribution in [-0.4, -0.2) is 31.3 Å². The maximum absolute atomic E-state index is 13.6. The van der Waals surface area contributed by atoms with E-state index in [9.17, 15) is 14.2 Å². The molecule has 0 unspecified atom stereocenters. The Morgan fingerprint density at radius 3 is 1.72 bits per heavy atom. The molecule has 0 amide bonds. The molecule has 0 fully saturated rings. The standard InChI is InChI=1S/C27H37O8P/c1-3-5-9-19-26(28)31-21-25(33-27(29)20-10-6-4-2)22-32-36(30,34-23-15-11-7-12-16-23)35-24-17-13-8-14-18-24/h7-8,11-18,25H,3-6,9-10,19-22H2,1-2H3/t25-/m1/s1. The molecule has 0 aliphatic rings. The van der Waals surface area contributed by atoms with Crippen molar-refractivity contribution in [2.75, 3.05) is 13.2 Å². The number of carbonyl (C=O) groups is 2. The molecular formula is C27H37O8P. The van der Waals surface area contributed by atoms with E-state index in [1.165, 1.54) is 0 Å². The van der Waals surface area contributed by atoms with Crippen molar-refractivity contribution in [1.29, 1.82) is 0 Å². The zero-order valence-corrected chi connectivity index (χ0v) is 22.0. The van der Waals surface area contributed by atoms with Gasteiger partial charge in [0.2, 0.25) is 0 Å². The molecule has 0 heterocycles.